The van der Waals surface area contributed by atoms with Crippen molar-refractivity contribution in [1.82, 2.24) is 10.2 Å². The number of hydrogen-bond acceptors (Lipinski definition) is 4. The molecule has 178 valence electrons. The largest absolute Gasteiger partial charge is 0.494 e. The number of urea groups is 1. The first kappa shape index (κ1) is 23.8. The molecule has 2 N–H and O–H groups in total. The van der Waals surface area contributed by atoms with Gasteiger partial charge in [-0.1, -0.05) is 18.2 Å². The summed E-state index contributed by atoms with van der Waals surface area (Å²) in [6, 6.07) is 19.2. The number of rotatable bonds is 8. The second-order valence-electron chi connectivity index (χ2n) is 8.38. The second kappa shape index (κ2) is 11.7. The molecule has 34 heavy (non-hydrogen) atoms. The van der Waals surface area contributed by atoms with Crippen molar-refractivity contribution >= 4 is 29.0 Å². The summed E-state index contributed by atoms with van der Waals surface area (Å²) in [4.78, 5) is 28.6. The minimum absolute atomic E-state index is 0.0562. The van der Waals surface area contributed by atoms with Gasteiger partial charge < -0.3 is 20.3 Å². The van der Waals surface area contributed by atoms with Crippen molar-refractivity contribution < 1.29 is 14.3 Å². The number of likely N-dealkylation sites (tertiary alicyclic amines) is 1. The Balaban J connectivity index is 1.33. The molecule has 1 saturated heterocycles. The monoisotopic (exact) mass is 477 g/mol. The normalized spacial score (nSPS) is 15.6. The molecule has 0 unspecified atom stereocenters. The number of thiophene rings is 1. The zero-order valence-corrected chi connectivity index (χ0v) is 20.3. The Hall–Kier alpha value is -3.32. The maximum atomic E-state index is 12.9. The molecule has 0 aliphatic carbocycles. The van der Waals surface area contributed by atoms with Gasteiger partial charge in [-0.15, -0.1) is 11.3 Å². The van der Waals surface area contributed by atoms with Crippen LogP contribution in [0, 0.1) is 0 Å². The molecule has 1 fully saturated rings. The van der Waals surface area contributed by atoms with Crippen molar-refractivity contribution in [2.24, 2.45) is 0 Å². The number of nitrogens with one attached hydrogen (secondary N) is 2. The van der Waals surface area contributed by atoms with E-state index in [9.17, 15) is 9.59 Å². The minimum atomic E-state index is -0.101. The number of benzene rings is 2. The highest BCUT2D eigenvalue weighted by Crippen LogP contribution is 2.28. The first-order valence-electron chi connectivity index (χ1n) is 11.8. The zero-order valence-electron chi connectivity index (χ0n) is 19.5. The molecule has 0 radical (unpaired) electrons. The van der Waals surface area contributed by atoms with Gasteiger partial charge in [-0.05, 0) is 79.6 Å². The first-order valence-corrected chi connectivity index (χ1v) is 12.7. The van der Waals surface area contributed by atoms with E-state index in [2.05, 4.69) is 22.8 Å². The maximum Gasteiger partial charge on any atom is 0.321 e. The Labute approximate surface area is 204 Å². The number of hydrogen-bond donors (Lipinski definition) is 2. The Morgan fingerprint density at radius 1 is 1.12 bits per heavy atom. The molecule has 1 aliphatic heterocycles. The lowest BCUT2D eigenvalue weighted by atomic mass is 9.89. The Kier molecular flexibility index (Phi) is 8.20. The van der Waals surface area contributed by atoms with Gasteiger partial charge in [0.15, 0.2) is 0 Å². The van der Waals surface area contributed by atoms with Crippen LogP contribution in [0.4, 0.5) is 10.5 Å². The van der Waals surface area contributed by atoms with Crippen LogP contribution in [0.25, 0.3) is 0 Å². The molecular formula is C27H31N3O3S. The van der Waals surface area contributed by atoms with Crippen molar-refractivity contribution in [2.75, 3.05) is 31.6 Å². The summed E-state index contributed by atoms with van der Waals surface area (Å²) < 4.78 is 5.46. The van der Waals surface area contributed by atoms with Gasteiger partial charge in [-0.2, -0.15) is 0 Å². The van der Waals surface area contributed by atoms with Crippen LogP contribution < -0.4 is 15.4 Å². The van der Waals surface area contributed by atoms with Gasteiger partial charge in [0.05, 0.1) is 6.61 Å². The smallest absolute Gasteiger partial charge is 0.321 e. The quantitative estimate of drug-likeness (QED) is 0.448. The number of nitrogens with zero attached hydrogens (tertiary/aromatic N) is 1. The fourth-order valence-corrected chi connectivity index (χ4v) is 4.94. The van der Waals surface area contributed by atoms with E-state index in [0.29, 0.717) is 25.3 Å². The number of anilines is 1. The molecule has 4 rings (SSSR count). The topological polar surface area (TPSA) is 70.7 Å². The number of carbonyl (C=O) groups excluding carboxylic acids is 2. The lowest BCUT2D eigenvalue weighted by Crippen LogP contribution is -2.41. The molecular weight excluding hydrogens is 446 g/mol. The van der Waals surface area contributed by atoms with Crippen molar-refractivity contribution in [3.05, 3.63) is 82.0 Å². The van der Waals surface area contributed by atoms with Crippen LogP contribution in [0.5, 0.6) is 5.75 Å². The molecule has 7 heteroatoms. The lowest BCUT2D eigenvalue weighted by molar-refractivity contribution is 0.0954. The minimum Gasteiger partial charge on any atom is -0.494 e. The fraction of sp³-hybridized carbons (Fsp3) is 0.333. The van der Waals surface area contributed by atoms with E-state index >= 15 is 0 Å². The van der Waals surface area contributed by atoms with Crippen LogP contribution in [0.3, 0.4) is 0 Å². The molecule has 2 heterocycles. The molecule has 1 aromatic heterocycles. The zero-order chi connectivity index (χ0) is 23.8. The van der Waals surface area contributed by atoms with Crippen LogP contribution in [-0.2, 0) is 6.42 Å². The fourth-order valence-electron chi connectivity index (χ4n) is 4.23. The summed E-state index contributed by atoms with van der Waals surface area (Å²) >= 11 is 1.70. The molecule has 6 nitrogen and oxygen atoms in total. The Bertz CT molecular complexity index is 1080. The third kappa shape index (κ3) is 6.38. The van der Waals surface area contributed by atoms with Crippen LogP contribution in [0.2, 0.25) is 0 Å². The van der Waals surface area contributed by atoms with E-state index in [0.717, 1.165) is 42.8 Å². The summed E-state index contributed by atoms with van der Waals surface area (Å²) in [7, 11) is 0. The summed E-state index contributed by atoms with van der Waals surface area (Å²) in [5.41, 5.74) is 2.51. The van der Waals surface area contributed by atoms with E-state index in [1.807, 2.05) is 65.7 Å². The van der Waals surface area contributed by atoms with Crippen molar-refractivity contribution in [3.8, 4) is 5.75 Å². The van der Waals surface area contributed by atoms with Crippen LogP contribution >= 0.6 is 11.3 Å². The molecule has 1 atom stereocenters. The average Bonchev–Trinajstić information content (AvgIpc) is 3.39. The number of amides is 3. The number of carbonyl (C=O) groups is 2. The van der Waals surface area contributed by atoms with Gasteiger partial charge in [0.25, 0.3) is 5.91 Å². The van der Waals surface area contributed by atoms with Crippen molar-refractivity contribution in [1.29, 1.82) is 0 Å². The Morgan fingerprint density at radius 3 is 2.74 bits per heavy atom. The second-order valence-corrected chi connectivity index (χ2v) is 9.42. The molecule has 0 spiro atoms. The highest BCUT2D eigenvalue weighted by atomic mass is 32.1. The van der Waals surface area contributed by atoms with Gasteiger partial charge in [-0.25, -0.2) is 4.79 Å². The summed E-state index contributed by atoms with van der Waals surface area (Å²) in [6.45, 7) is 4.52. The van der Waals surface area contributed by atoms with Crippen LogP contribution in [-0.4, -0.2) is 43.1 Å². The van der Waals surface area contributed by atoms with E-state index < -0.39 is 0 Å². The highest BCUT2D eigenvalue weighted by molar-refractivity contribution is 7.09. The first-order chi connectivity index (χ1) is 16.6. The molecule has 2 aromatic carbocycles. The average molecular weight is 478 g/mol. The van der Waals surface area contributed by atoms with E-state index in [4.69, 9.17) is 4.74 Å². The third-order valence-corrected chi connectivity index (χ3v) is 6.92. The predicted octanol–water partition coefficient (Wildman–Crippen LogP) is 5.53. The highest BCUT2D eigenvalue weighted by Gasteiger charge is 2.25. The van der Waals surface area contributed by atoms with Gasteiger partial charge in [0, 0.05) is 41.7 Å². The number of piperidine rings is 1. The van der Waals surface area contributed by atoms with E-state index in [1.165, 1.54) is 4.88 Å². The van der Waals surface area contributed by atoms with Gasteiger partial charge >= 0.3 is 6.03 Å². The van der Waals surface area contributed by atoms with Crippen molar-refractivity contribution in [2.45, 2.75) is 32.1 Å². The summed E-state index contributed by atoms with van der Waals surface area (Å²) in [5.74, 6) is 0.937. The van der Waals surface area contributed by atoms with Gasteiger partial charge in [-0.3, -0.25) is 4.79 Å². The predicted molar refractivity (Wildman–Crippen MR) is 137 cm³/mol. The SMILES string of the molecule is CCOc1ccc(NC(=O)N2CCC[C@H](c3cccc(C(=O)NCCc4cccs4)c3)C2)cc1. The number of ether oxygens (including phenoxy) is 1. The van der Waals surface area contributed by atoms with E-state index in [1.54, 1.807) is 11.3 Å². The lowest BCUT2D eigenvalue weighted by Gasteiger charge is -2.33. The van der Waals surface area contributed by atoms with Crippen molar-refractivity contribution in [3.63, 3.8) is 0 Å². The van der Waals surface area contributed by atoms with Crippen LogP contribution in [0.1, 0.15) is 46.5 Å². The molecule has 3 amide bonds. The van der Waals surface area contributed by atoms with E-state index in [-0.39, 0.29) is 17.9 Å². The van der Waals surface area contributed by atoms with Crippen LogP contribution in [0.15, 0.2) is 66.0 Å². The summed E-state index contributed by atoms with van der Waals surface area (Å²) in [6.07, 6.45) is 2.76. The van der Waals surface area contributed by atoms with Gasteiger partial charge in [0.1, 0.15) is 5.75 Å². The summed E-state index contributed by atoms with van der Waals surface area (Å²) in [5, 5.41) is 8.05. The third-order valence-electron chi connectivity index (χ3n) is 5.98. The molecule has 1 aliphatic rings. The Morgan fingerprint density at radius 2 is 1.97 bits per heavy atom. The molecule has 0 bridgehead atoms. The molecule has 3 aromatic rings. The molecule has 0 saturated carbocycles. The van der Waals surface area contributed by atoms with Gasteiger partial charge in [0.2, 0.25) is 0 Å². The standard InChI is InChI=1S/C27H31N3O3S/c1-2-33-24-12-10-23(11-13-24)29-27(32)30-16-4-8-22(19-30)20-6-3-7-21(18-20)26(31)28-15-14-25-9-5-17-34-25/h3,5-7,9-13,17-18,22H,2,4,8,14-16,19H2,1H3,(H,28,31)(H,29,32)/t22-/m0/s1. The maximum absolute atomic E-state index is 12.9.